The molecule has 0 atom stereocenters. The zero-order valence-electron chi connectivity index (χ0n) is 6.97. The normalized spacial score (nSPS) is 10.7. The van der Waals surface area contributed by atoms with Crippen LogP contribution in [0.4, 0.5) is 8.78 Å². The number of hydrogen-bond donors (Lipinski definition) is 1. The van der Waals surface area contributed by atoms with E-state index in [-0.39, 0.29) is 13.3 Å². The van der Waals surface area contributed by atoms with E-state index in [0.29, 0.717) is 0 Å². The summed E-state index contributed by atoms with van der Waals surface area (Å²) in [6.45, 7) is 0. The van der Waals surface area contributed by atoms with Gasteiger partial charge in [-0.25, -0.2) is 13.6 Å². The first-order valence-corrected chi connectivity index (χ1v) is 3.06. The third kappa shape index (κ3) is 1.44. The Bertz CT molecular complexity index is 333. The highest BCUT2D eigenvalue weighted by atomic mass is 19.1. The number of carbonyl (C=O) groups is 1. The van der Waals surface area contributed by atoms with Gasteiger partial charge in [0.15, 0.2) is 0 Å². The van der Waals surface area contributed by atoms with E-state index >= 15 is 0 Å². The quantitative estimate of drug-likeness (QED) is 0.631. The fraction of sp³-hybridized carbons (Fsp3) is 0. The number of rotatable bonds is 2. The molecule has 62 valence electrons. The maximum Gasteiger partial charge on any atom is 0.341 e. The SMILES string of the molecule is [2H]Bc1cc(F)c(C(=O)O)c(F)c1. The van der Waals surface area contributed by atoms with Crippen molar-refractivity contribution in [1.82, 2.24) is 0 Å². The van der Waals surface area contributed by atoms with Crippen LogP contribution in [0.1, 0.15) is 10.4 Å². The molecule has 0 aliphatic heterocycles. The third-order valence-corrected chi connectivity index (χ3v) is 1.32. The molecule has 0 saturated carbocycles. The van der Waals surface area contributed by atoms with Gasteiger partial charge in [-0.1, -0.05) is 5.46 Å². The second-order valence-corrected chi connectivity index (χ2v) is 2.24. The number of carboxylic acids is 1. The average Bonchev–Trinajstić information content (AvgIpc) is 2.02. The molecular formula is C7H5BF2O2. The monoisotopic (exact) mass is 171 g/mol. The van der Waals surface area contributed by atoms with Gasteiger partial charge >= 0.3 is 5.97 Å². The van der Waals surface area contributed by atoms with Crippen molar-refractivity contribution >= 4 is 19.2 Å². The van der Waals surface area contributed by atoms with Crippen LogP contribution >= 0.6 is 0 Å². The van der Waals surface area contributed by atoms with Gasteiger partial charge in [-0.05, 0) is 13.5 Å². The van der Waals surface area contributed by atoms with Gasteiger partial charge in [-0.2, -0.15) is 0 Å². The highest BCUT2D eigenvalue weighted by molar-refractivity contribution is 6.32. The number of halogens is 2. The predicted molar refractivity (Wildman–Crippen MR) is 41.5 cm³/mol. The van der Waals surface area contributed by atoms with Crippen LogP contribution in [0.2, 0.25) is 0 Å². The van der Waals surface area contributed by atoms with Crippen molar-refractivity contribution in [3.8, 4) is 0 Å². The molecule has 0 aromatic heterocycles. The van der Waals surface area contributed by atoms with Crippen LogP contribution in [0, 0.1) is 11.6 Å². The van der Waals surface area contributed by atoms with E-state index in [1.54, 1.807) is 0 Å². The Morgan fingerprint density at radius 3 is 2.33 bits per heavy atom. The second-order valence-electron chi connectivity index (χ2n) is 2.24. The molecular weight excluding hydrogens is 165 g/mol. The van der Waals surface area contributed by atoms with Crippen molar-refractivity contribution in [1.29, 1.82) is 1.34 Å². The summed E-state index contributed by atoms with van der Waals surface area (Å²) < 4.78 is 32.5. The molecule has 0 aliphatic carbocycles. The standard InChI is InChI=1S/C7H5BF2O2/c8-3-1-4(9)6(7(11)12)5(10)2-3/h1-2H,8H2,(H,11,12)/i8D. The summed E-state index contributed by atoms with van der Waals surface area (Å²) >= 11 is 0. The average molecular weight is 171 g/mol. The Balaban J connectivity index is 3.31. The molecule has 0 fully saturated rings. The molecule has 0 amide bonds. The Hall–Kier alpha value is -1.39. The Morgan fingerprint density at radius 2 is 2.00 bits per heavy atom. The molecule has 0 saturated heterocycles. The molecule has 2 nitrogen and oxygen atoms in total. The largest absolute Gasteiger partial charge is 0.477 e. The van der Waals surface area contributed by atoms with Gasteiger partial charge in [-0.3, -0.25) is 0 Å². The second kappa shape index (κ2) is 2.93. The summed E-state index contributed by atoms with van der Waals surface area (Å²) in [4.78, 5) is 10.3. The van der Waals surface area contributed by atoms with Crippen LogP contribution in [0.3, 0.4) is 0 Å². The minimum atomic E-state index is -1.65. The molecule has 0 spiro atoms. The summed E-state index contributed by atoms with van der Waals surface area (Å²) in [5, 5.41) is 8.38. The maximum atomic E-state index is 12.8. The summed E-state index contributed by atoms with van der Waals surface area (Å²) in [5.41, 5.74) is -0.864. The molecule has 0 aliphatic rings. The molecule has 12 heavy (non-hydrogen) atoms. The van der Waals surface area contributed by atoms with E-state index in [0.717, 1.165) is 12.1 Å². The molecule has 1 rings (SSSR count). The first-order chi connectivity index (χ1) is 6.06. The van der Waals surface area contributed by atoms with Gasteiger partial charge in [0.2, 0.25) is 0 Å². The lowest BCUT2D eigenvalue weighted by molar-refractivity contribution is 0.0686. The molecule has 0 bridgehead atoms. The Kier molecular flexibility index (Phi) is 1.77. The zero-order chi connectivity index (χ0) is 10.0. The first kappa shape index (κ1) is 7.27. The molecule has 1 aromatic rings. The van der Waals surface area contributed by atoms with E-state index in [1.165, 1.54) is 0 Å². The van der Waals surface area contributed by atoms with Gasteiger partial charge < -0.3 is 5.11 Å². The fourth-order valence-electron chi connectivity index (χ4n) is 0.830. The highest BCUT2D eigenvalue weighted by Gasteiger charge is 2.16. The fourth-order valence-corrected chi connectivity index (χ4v) is 0.830. The van der Waals surface area contributed by atoms with Crippen molar-refractivity contribution in [2.24, 2.45) is 0 Å². The van der Waals surface area contributed by atoms with Crippen molar-refractivity contribution in [2.75, 3.05) is 0 Å². The lowest BCUT2D eigenvalue weighted by Crippen LogP contribution is -2.12. The molecule has 0 radical (unpaired) electrons. The molecule has 0 heterocycles. The third-order valence-electron chi connectivity index (χ3n) is 1.32. The smallest absolute Gasteiger partial charge is 0.341 e. The summed E-state index contributed by atoms with van der Waals surface area (Å²) in [6, 6.07) is 1.69. The first-order valence-electron chi connectivity index (χ1n) is 3.77. The van der Waals surface area contributed by atoms with Crippen molar-refractivity contribution in [2.45, 2.75) is 0 Å². The summed E-state index contributed by atoms with van der Waals surface area (Å²) in [7, 11) is -0.284. The Labute approximate surface area is 69.6 Å². The van der Waals surface area contributed by atoms with Gasteiger partial charge in [0, 0.05) is 0 Å². The van der Waals surface area contributed by atoms with Crippen LogP contribution < -0.4 is 5.46 Å². The topological polar surface area (TPSA) is 37.3 Å². The minimum Gasteiger partial charge on any atom is -0.477 e. The lowest BCUT2D eigenvalue weighted by atomic mass is 9.94. The van der Waals surface area contributed by atoms with E-state index in [1.807, 2.05) is 0 Å². The van der Waals surface area contributed by atoms with E-state index < -0.39 is 23.2 Å². The van der Waals surface area contributed by atoms with Gasteiger partial charge in [0.1, 0.15) is 25.0 Å². The predicted octanol–water partition coefficient (Wildman–Crippen LogP) is -0.0786. The number of benzene rings is 1. The zero-order valence-corrected chi connectivity index (χ0v) is 5.97. The van der Waals surface area contributed by atoms with E-state index in [9.17, 15) is 13.6 Å². The summed E-state index contributed by atoms with van der Waals surface area (Å²) in [5.74, 6) is -3.93. The molecule has 1 aromatic carbocycles. The number of hydrogen-bond acceptors (Lipinski definition) is 1. The minimum absolute atomic E-state index is 0.111. The lowest BCUT2D eigenvalue weighted by Gasteiger charge is -2.00. The van der Waals surface area contributed by atoms with Crippen molar-refractivity contribution in [3.63, 3.8) is 0 Å². The van der Waals surface area contributed by atoms with Crippen LogP contribution in [0.25, 0.3) is 0 Å². The van der Waals surface area contributed by atoms with Crippen LogP contribution in [-0.2, 0) is 0 Å². The van der Waals surface area contributed by atoms with Crippen LogP contribution in [0.5, 0.6) is 0 Å². The molecule has 1 N–H and O–H groups in total. The maximum absolute atomic E-state index is 12.8. The summed E-state index contributed by atoms with van der Waals surface area (Å²) in [6.07, 6.45) is 0. The highest BCUT2D eigenvalue weighted by Crippen LogP contribution is 2.09. The van der Waals surface area contributed by atoms with E-state index in [2.05, 4.69) is 0 Å². The number of aromatic carboxylic acids is 1. The van der Waals surface area contributed by atoms with Crippen LogP contribution in [0.15, 0.2) is 12.1 Å². The van der Waals surface area contributed by atoms with Gasteiger partial charge in [0.25, 0.3) is 0 Å². The van der Waals surface area contributed by atoms with E-state index in [4.69, 9.17) is 6.44 Å². The van der Waals surface area contributed by atoms with Gasteiger partial charge in [-0.15, -0.1) is 0 Å². The Morgan fingerprint density at radius 1 is 1.50 bits per heavy atom. The molecule has 0 unspecified atom stereocenters. The van der Waals surface area contributed by atoms with Crippen LogP contribution in [-0.4, -0.2) is 20.2 Å². The van der Waals surface area contributed by atoms with Crippen molar-refractivity contribution < 1.29 is 18.7 Å². The van der Waals surface area contributed by atoms with Gasteiger partial charge in [0.05, 0.1) is 0 Å². The molecule has 5 heteroatoms. The number of carboxylic acid groups (broad SMARTS) is 1. The van der Waals surface area contributed by atoms with Crippen molar-refractivity contribution in [3.05, 3.63) is 29.3 Å².